The molecule has 2 N–H and O–H groups in total. The summed E-state index contributed by atoms with van der Waals surface area (Å²) in [6, 6.07) is 12.4. The van der Waals surface area contributed by atoms with Crippen LogP contribution in [0.4, 0.5) is 0 Å². The van der Waals surface area contributed by atoms with Crippen LogP contribution in [0.2, 0.25) is 10.0 Å². The van der Waals surface area contributed by atoms with E-state index in [1.54, 1.807) is 33.5 Å². The van der Waals surface area contributed by atoms with Crippen LogP contribution in [0.5, 0.6) is 11.5 Å². The molecule has 3 aromatic rings. The number of halogens is 2. The fourth-order valence-electron chi connectivity index (χ4n) is 6.11. The van der Waals surface area contributed by atoms with E-state index in [9.17, 15) is 23.1 Å². The molecule has 3 aromatic carbocycles. The van der Waals surface area contributed by atoms with E-state index in [-0.39, 0.29) is 39.9 Å². The molecule has 17 heteroatoms. The van der Waals surface area contributed by atoms with Crippen molar-refractivity contribution in [1.29, 1.82) is 0 Å². The fourth-order valence-corrected chi connectivity index (χ4v) is 9.49. The van der Waals surface area contributed by atoms with Crippen molar-refractivity contribution in [2.75, 3.05) is 60.7 Å². The first-order chi connectivity index (χ1) is 26.6. The van der Waals surface area contributed by atoms with Crippen LogP contribution >= 0.6 is 31.4 Å². The van der Waals surface area contributed by atoms with Gasteiger partial charge in [0.2, 0.25) is 15.9 Å². The van der Waals surface area contributed by atoms with Crippen LogP contribution in [0.3, 0.4) is 0 Å². The maximum Gasteiger partial charge on any atom is 0.326 e. The maximum absolute atomic E-state index is 13.5. The summed E-state index contributed by atoms with van der Waals surface area (Å²) in [5.41, 5.74) is 2.65. The predicted molar refractivity (Wildman–Crippen MR) is 217 cm³/mol. The van der Waals surface area contributed by atoms with Gasteiger partial charge < -0.3 is 38.6 Å². The smallest absolute Gasteiger partial charge is 0.326 e. The monoisotopic (exact) mass is 856 g/mol. The van der Waals surface area contributed by atoms with E-state index in [0.29, 0.717) is 61.8 Å². The van der Waals surface area contributed by atoms with Gasteiger partial charge in [-0.15, -0.1) is 0 Å². The Hall–Kier alpha value is -3.04. The molecule has 1 heterocycles. The second-order valence-electron chi connectivity index (χ2n) is 13.8. The molecular weight excluding hydrogens is 806 g/mol. The molecule has 3 atom stereocenters. The molecule has 0 saturated carbocycles. The zero-order chi connectivity index (χ0) is 41.0. The number of carboxylic acids is 1. The third-order valence-corrected chi connectivity index (χ3v) is 12.6. The SMILES string of the molecule is COCCC(C)(C)OCP(C)OCCOCc1cc(OC)c(-c2ccc(CC(NC(=O)[C@@H]3CCCN3S(=O)(=O)c3cc(Cl)cc(Cl)c3)C(=O)O)cc2)c(OC)c1. The first-order valence-corrected chi connectivity index (χ1v) is 22.1. The van der Waals surface area contributed by atoms with E-state index in [2.05, 4.69) is 5.32 Å². The number of amides is 1. The molecule has 1 aliphatic rings. The zero-order valence-electron chi connectivity index (χ0n) is 32.5. The van der Waals surface area contributed by atoms with Gasteiger partial charge in [-0.25, -0.2) is 13.2 Å². The standard InChI is InChI=1S/C39H51Cl2N2O11PS/c1-39(2,13-15-49-3)53-25-55(6)54-17-16-52-24-27-19-34(50-4)36(35(20-27)51-5)28-11-9-26(10-12-28)18-32(38(45)46)42-37(44)33-8-7-14-43(33)56(47,48)31-22-29(40)21-30(41)23-31/h9-12,19-23,32-33H,7-8,13-18,24-25H2,1-6H3,(H,42,44)(H,45,46)/t32?,33-,55?/m0/s1. The number of nitrogens with one attached hydrogen (secondary N) is 1. The molecule has 1 aliphatic heterocycles. The number of carbonyl (C=O) groups excluding carboxylic acids is 1. The summed E-state index contributed by atoms with van der Waals surface area (Å²) < 4.78 is 62.4. The van der Waals surface area contributed by atoms with Crippen LogP contribution in [0.1, 0.15) is 44.2 Å². The van der Waals surface area contributed by atoms with E-state index in [0.717, 1.165) is 21.9 Å². The minimum absolute atomic E-state index is 0.0433. The quantitative estimate of drug-likeness (QED) is 0.0793. The van der Waals surface area contributed by atoms with E-state index < -0.39 is 42.1 Å². The van der Waals surface area contributed by atoms with Crippen LogP contribution in [0.25, 0.3) is 11.1 Å². The van der Waals surface area contributed by atoms with Crippen LogP contribution in [-0.2, 0) is 51.4 Å². The maximum atomic E-state index is 13.5. The van der Waals surface area contributed by atoms with E-state index in [4.69, 9.17) is 51.4 Å². The second-order valence-corrected chi connectivity index (χ2v) is 18.4. The number of carboxylic acid groups (broad SMARTS) is 1. The topological polar surface area (TPSA) is 159 Å². The molecule has 0 spiro atoms. The predicted octanol–water partition coefficient (Wildman–Crippen LogP) is 6.99. The highest BCUT2D eigenvalue weighted by molar-refractivity contribution is 7.89. The van der Waals surface area contributed by atoms with Crippen molar-refractivity contribution in [3.05, 3.63) is 75.8 Å². The summed E-state index contributed by atoms with van der Waals surface area (Å²) in [6.45, 7) is 7.94. The first-order valence-electron chi connectivity index (χ1n) is 18.0. The van der Waals surface area contributed by atoms with Gasteiger partial charge in [0.25, 0.3) is 0 Å². The normalized spacial score (nSPS) is 16.0. The number of rotatable bonds is 22. The Labute approximate surface area is 340 Å². The fraction of sp³-hybridized carbons (Fsp3) is 0.487. The number of aliphatic carboxylic acids is 1. The molecular formula is C39H51Cl2N2O11PS. The highest BCUT2D eigenvalue weighted by atomic mass is 35.5. The molecule has 56 heavy (non-hydrogen) atoms. The van der Waals surface area contributed by atoms with Gasteiger partial charge >= 0.3 is 5.97 Å². The summed E-state index contributed by atoms with van der Waals surface area (Å²) in [6.07, 6.45) is 1.93. The second kappa shape index (κ2) is 21.1. The highest BCUT2D eigenvalue weighted by Crippen LogP contribution is 2.40. The number of nitrogens with zero attached hydrogens (tertiary/aromatic N) is 1. The van der Waals surface area contributed by atoms with Crippen LogP contribution in [-0.4, -0.2) is 108 Å². The van der Waals surface area contributed by atoms with Gasteiger partial charge in [0, 0.05) is 36.7 Å². The van der Waals surface area contributed by atoms with Crippen molar-refractivity contribution in [2.45, 2.75) is 68.7 Å². The van der Waals surface area contributed by atoms with E-state index in [1.165, 1.54) is 18.2 Å². The minimum Gasteiger partial charge on any atom is -0.496 e. The van der Waals surface area contributed by atoms with Crippen molar-refractivity contribution in [3.8, 4) is 22.6 Å². The minimum atomic E-state index is -4.14. The van der Waals surface area contributed by atoms with Gasteiger partial charge in [-0.05, 0) is 86.8 Å². The number of carbonyl (C=O) groups is 2. The number of hydrogen-bond acceptors (Lipinski definition) is 10. The molecule has 0 radical (unpaired) electrons. The lowest BCUT2D eigenvalue weighted by atomic mass is 9.98. The van der Waals surface area contributed by atoms with Gasteiger partial charge in [-0.2, -0.15) is 4.31 Å². The number of benzene rings is 3. The van der Waals surface area contributed by atoms with Crippen molar-refractivity contribution in [3.63, 3.8) is 0 Å². The lowest BCUT2D eigenvalue weighted by Crippen LogP contribution is -2.51. The van der Waals surface area contributed by atoms with Gasteiger partial charge in [-0.1, -0.05) is 47.5 Å². The Morgan fingerprint density at radius 1 is 0.964 bits per heavy atom. The van der Waals surface area contributed by atoms with Gasteiger partial charge in [0.05, 0.1) is 64.6 Å². The summed E-state index contributed by atoms with van der Waals surface area (Å²) in [5.74, 6) is -0.840. The van der Waals surface area contributed by atoms with Crippen LogP contribution in [0, 0.1) is 0 Å². The molecule has 0 bridgehead atoms. The third-order valence-electron chi connectivity index (χ3n) is 9.17. The molecule has 4 rings (SSSR count). The van der Waals surface area contributed by atoms with Crippen LogP contribution < -0.4 is 14.8 Å². The average Bonchev–Trinajstić information content (AvgIpc) is 3.67. The van der Waals surface area contributed by atoms with Crippen molar-refractivity contribution in [1.82, 2.24) is 9.62 Å². The summed E-state index contributed by atoms with van der Waals surface area (Å²) in [5, 5.41) is 12.9. The largest absolute Gasteiger partial charge is 0.496 e. The molecule has 1 amide bonds. The molecule has 13 nitrogen and oxygen atoms in total. The number of hydrogen-bond donors (Lipinski definition) is 2. The average molecular weight is 858 g/mol. The number of sulfonamides is 1. The van der Waals surface area contributed by atoms with Crippen molar-refractivity contribution >= 4 is 53.3 Å². The molecule has 0 aliphatic carbocycles. The molecule has 308 valence electrons. The van der Waals surface area contributed by atoms with E-state index in [1.807, 2.05) is 44.8 Å². The first kappa shape index (κ1) is 45.7. The summed E-state index contributed by atoms with van der Waals surface area (Å²) >= 11 is 12.1. The van der Waals surface area contributed by atoms with Gasteiger partial charge in [-0.3, -0.25) is 4.79 Å². The Morgan fingerprint density at radius 2 is 1.61 bits per heavy atom. The number of ether oxygens (including phenoxy) is 5. The number of methoxy groups -OCH3 is 3. The molecule has 1 fully saturated rings. The van der Waals surface area contributed by atoms with Gasteiger partial charge in [0.15, 0.2) is 0 Å². The lowest BCUT2D eigenvalue weighted by molar-refractivity contribution is -0.142. The van der Waals surface area contributed by atoms with Gasteiger partial charge in [0.1, 0.15) is 23.6 Å². The lowest BCUT2D eigenvalue weighted by Gasteiger charge is -2.26. The molecule has 1 saturated heterocycles. The highest BCUT2D eigenvalue weighted by Gasteiger charge is 2.40. The van der Waals surface area contributed by atoms with Crippen molar-refractivity contribution in [2.24, 2.45) is 0 Å². The zero-order valence-corrected chi connectivity index (χ0v) is 35.7. The molecule has 0 aromatic heterocycles. The summed E-state index contributed by atoms with van der Waals surface area (Å²) in [4.78, 5) is 25.6. The Kier molecular flexibility index (Phi) is 17.2. The van der Waals surface area contributed by atoms with Crippen LogP contribution in [0.15, 0.2) is 59.5 Å². The molecule has 2 unspecified atom stereocenters. The Balaban J connectivity index is 1.36. The summed E-state index contributed by atoms with van der Waals surface area (Å²) in [7, 11) is -0.104. The third kappa shape index (κ3) is 12.7. The Bertz CT molecular complexity index is 1850. The van der Waals surface area contributed by atoms with Crippen molar-refractivity contribution < 1.29 is 51.3 Å². The van der Waals surface area contributed by atoms with E-state index >= 15 is 0 Å². The Morgan fingerprint density at radius 3 is 2.20 bits per heavy atom.